The normalized spacial score (nSPS) is 10.5. The van der Waals surface area contributed by atoms with Gasteiger partial charge in [-0.15, -0.1) is 11.3 Å². The van der Waals surface area contributed by atoms with E-state index in [-0.39, 0.29) is 0 Å². The molecule has 2 aromatic rings. The summed E-state index contributed by atoms with van der Waals surface area (Å²) in [5.41, 5.74) is 6.35. The van der Waals surface area contributed by atoms with Crippen LogP contribution in [0.3, 0.4) is 0 Å². The van der Waals surface area contributed by atoms with Crippen molar-refractivity contribution in [1.29, 1.82) is 0 Å². The molecule has 0 bridgehead atoms. The standard InChI is InChI=1S/C11H10Cl2N2OS/c12-7-1-2-10(9(13)3-7)16-5-11-15-8(4-14)6-17-11/h1-3,6H,4-5,14H2. The highest BCUT2D eigenvalue weighted by atomic mass is 35.5. The number of rotatable bonds is 4. The molecule has 0 atom stereocenters. The largest absolute Gasteiger partial charge is 0.485 e. The first-order chi connectivity index (χ1) is 8.19. The lowest BCUT2D eigenvalue weighted by atomic mass is 10.3. The smallest absolute Gasteiger partial charge is 0.140 e. The van der Waals surface area contributed by atoms with E-state index in [2.05, 4.69) is 4.98 Å². The van der Waals surface area contributed by atoms with Crippen LogP contribution < -0.4 is 10.5 Å². The lowest BCUT2D eigenvalue weighted by molar-refractivity contribution is 0.305. The molecule has 90 valence electrons. The number of halogens is 2. The number of nitrogens with two attached hydrogens (primary N) is 1. The summed E-state index contributed by atoms with van der Waals surface area (Å²) in [6.45, 7) is 0.824. The number of ether oxygens (including phenoxy) is 1. The summed E-state index contributed by atoms with van der Waals surface area (Å²) in [6.07, 6.45) is 0. The summed E-state index contributed by atoms with van der Waals surface area (Å²) in [6, 6.07) is 5.11. The maximum atomic E-state index is 5.98. The molecule has 3 nitrogen and oxygen atoms in total. The van der Waals surface area contributed by atoms with Crippen molar-refractivity contribution in [2.75, 3.05) is 0 Å². The fourth-order valence-electron chi connectivity index (χ4n) is 1.24. The molecular weight excluding hydrogens is 279 g/mol. The van der Waals surface area contributed by atoms with Crippen LogP contribution in [0.1, 0.15) is 10.7 Å². The second kappa shape index (κ2) is 5.69. The molecule has 0 unspecified atom stereocenters. The molecule has 0 saturated heterocycles. The van der Waals surface area contributed by atoms with Crippen LogP contribution in [0.5, 0.6) is 5.75 Å². The second-order valence-electron chi connectivity index (χ2n) is 3.30. The number of aromatic nitrogens is 1. The van der Waals surface area contributed by atoms with Gasteiger partial charge in [-0.2, -0.15) is 0 Å². The first-order valence-electron chi connectivity index (χ1n) is 4.90. The predicted octanol–water partition coefficient (Wildman–Crippen LogP) is 3.49. The maximum absolute atomic E-state index is 5.98. The SMILES string of the molecule is NCc1csc(COc2ccc(Cl)cc2Cl)n1. The van der Waals surface area contributed by atoms with E-state index >= 15 is 0 Å². The van der Waals surface area contributed by atoms with Crippen LogP contribution in [-0.4, -0.2) is 4.98 Å². The van der Waals surface area contributed by atoms with E-state index < -0.39 is 0 Å². The average Bonchev–Trinajstić information content (AvgIpc) is 2.76. The van der Waals surface area contributed by atoms with Crippen LogP contribution in [0.15, 0.2) is 23.6 Å². The molecule has 0 amide bonds. The Bertz CT molecular complexity index is 516. The van der Waals surface area contributed by atoms with Gasteiger partial charge in [0.05, 0.1) is 10.7 Å². The van der Waals surface area contributed by atoms with Crippen molar-refractivity contribution in [3.05, 3.63) is 44.3 Å². The van der Waals surface area contributed by atoms with Crippen molar-refractivity contribution < 1.29 is 4.74 Å². The highest BCUT2D eigenvalue weighted by Crippen LogP contribution is 2.28. The third-order valence-corrected chi connectivity index (χ3v) is 3.46. The first-order valence-corrected chi connectivity index (χ1v) is 6.54. The zero-order valence-corrected chi connectivity index (χ0v) is 11.1. The molecule has 2 N–H and O–H groups in total. The summed E-state index contributed by atoms with van der Waals surface area (Å²) >= 11 is 13.3. The van der Waals surface area contributed by atoms with Crippen LogP contribution >= 0.6 is 34.5 Å². The van der Waals surface area contributed by atoms with E-state index in [9.17, 15) is 0 Å². The van der Waals surface area contributed by atoms with Gasteiger partial charge in [0.2, 0.25) is 0 Å². The average molecular weight is 289 g/mol. The Hall–Kier alpha value is -0.810. The van der Waals surface area contributed by atoms with Crippen LogP contribution in [0, 0.1) is 0 Å². The Morgan fingerprint density at radius 1 is 1.35 bits per heavy atom. The predicted molar refractivity (Wildman–Crippen MR) is 70.8 cm³/mol. The highest BCUT2D eigenvalue weighted by molar-refractivity contribution is 7.09. The lowest BCUT2D eigenvalue weighted by Gasteiger charge is -2.06. The van der Waals surface area contributed by atoms with Crippen molar-refractivity contribution in [1.82, 2.24) is 4.98 Å². The molecule has 1 aromatic carbocycles. The summed E-state index contributed by atoms with van der Waals surface area (Å²) in [5.74, 6) is 0.598. The zero-order valence-electron chi connectivity index (χ0n) is 8.82. The first kappa shape index (κ1) is 12.6. The highest BCUT2D eigenvalue weighted by Gasteiger charge is 2.05. The molecule has 6 heteroatoms. The minimum Gasteiger partial charge on any atom is -0.485 e. The number of benzene rings is 1. The van der Waals surface area contributed by atoms with E-state index in [1.165, 1.54) is 11.3 Å². The quantitative estimate of drug-likeness (QED) is 0.937. The Morgan fingerprint density at radius 2 is 2.18 bits per heavy atom. The lowest BCUT2D eigenvalue weighted by Crippen LogP contribution is -1.99. The summed E-state index contributed by atoms with van der Waals surface area (Å²) in [5, 5.41) is 3.87. The topological polar surface area (TPSA) is 48.1 Å². The Morgan fingerprint density at radius 3 is 2.82 bits per heavy atom. The van der Waals surface area contributed by atoms with E-state index in [0.29, 0.717) is 28.9 Å². The van der Waals surface area contributed by atoms with Gasteiger partial charge in [0.15, 0.2) is 0 Å². The van der Waals surface area contributed by atoms with Gasteiger partial charge in [0, 0.05) is 16.9 Å². The molecule has 0 saturated carbocycles. The van der Waals surface area contributed by atoms with Crippen molar-refractivity contribution in [2.24, 2.45) is 5.73 Å². The molecule has 0 aliphatic carbocycles. The van der Waals surface area contributed by atoms with Gasteiger partial charge in [0.25, 0.3) is 0 Å². The van der Waals surface area contributed by atoms with E-state index in [1.54, 1.807) is 18.2 Å². The molecule has 2 rings (SSSR count). The maximum Gasteiger partial charge on any atom is 0.140 e. The number of hydrogen-bond donors (Lipinski definition) is 1. The van der Waals surface area contributed by atoms with Gasteiger partial charge in [-0.05, 0) is 18.2 Å². The summed E-state index contributed by atoms with van der Waals surface area (Å²) in [7, 11) is 0. The Kier molecular flexibility index (Phi) is 4.23. The molecule has 0 aliphatic heterocycles. The van der Waals surface area contributed by atoms with Gasteiger partial charge in [-0.3, -0.25) is 0 Å². The molecule has 1 aromatic heterocycles. The third-order valence-electron chi connectivity index (χ3n) is 2.05. The van der Waals surface area contributed by atoms with Crippen LogP contribution in [0.25, 0.3) is 0 Å². The van der Waals surface area contributed by atoms with Crippen LogP contribution in [0.2, 0.25) is 10.0 Å². The van der Waals surface area contributed by atoms with Gasteiger partial charge in [-0.25, -0.2) is 4.98 Å². The number of nitrogens with zero attached hydrogens (tertiary/aromatic N) is 1. The van der Waals surface area contributed by atoms with Gasteiger partial charge < -0.3 is 10.5 Å². The van der Waals surface area contributed by atoms with Crippen molar-refractivity contribution >= 4 is 34.5 Å². The molecule has 17 heavy (non-hydrogen) atoms. The zero-order chi connectivity index (χ0) is 12.3. The molecular formula is C11H10Cl2N2OS. The summed E-state index contributed by atoms with van der Waals surface area (Å²) in [4.78, 5) is 4.29. The van der Waals surface area contributed by atoms with Gasteiger partial charge >= 0.3 is 0 Å². The molecule has 0 radical (unpaired) electrons. The van der Waals surface area contributed by atoms with Crippen molar-refractivity contribution in [3.63, 3.8) is 0 Å². The third kappa shape index (κ3) is 3.33. The minimum atomic E-state index is 0.381. The molecule has 0 aliphatic rings. The second-order valence-corrected chi connectivity index (χ2v) is 5.09. The number of hydrogen-bond acceptors (Lipinski definition) is 4. The molecule has 1 heterocycles. The van der Waals surface area contributed by atoms with Crippen LogP contribution in [0.4, 0.5) is 0 Å². The minimum absolute atomic E-state index is 0.381. The fourth-order valence-corrected chi connectivity index (χ4v) is 2.42. The Labute approximate surface area is 113 Å². The van der Waals surface area contributed by atoms with E-state index in [0.717, 1.165) is 10.7 Å². The van der Waals surface area contributed by atoms with Gasteiger partial charge in [0.1, 0.15) is 17.4 Å². The monoisotopic (exact) mass is 288 g/mol. The molecule has 0 fully saturated rings. The van der Waals surface area contributed by atoms with Crippen molar-refractivity contribution in [2.45, 2.75) is 13.2 Å². The van der Waals surface area contributed by atoms with Crippen LogP contribution in [-0.2, 0) is 13.2 Å². The number of thiazole rings is 1. The van der Waals surface area contributed by atoms with Gasteiger partial charge in [-0.1, -0.05) is 23.2 Å². The van der Waals surface area contributed by atoms with E-state index in [1.807, 2.05) is 5.38 Å². The van der Waals surface area contributed by atoms with E-state index in [4.69, 9.17) is 33.7 Å². The Balaban J connectivity index is 2.02. The fraction of sp³-hybridized carbons (Fsp3) is 0.182. The summed E-state index contributed by atoms with van der Waals surface area (Å²) < 4.78 is 5.55. The van der Waals surface area contributed by atoms with Crippen molar-refractivity contribution in [3.8, 4) is 5.75 Å². The molecule has 0 spiro atoms.